The molecule has 2 aliphatic rings. The zero-order chi connectivity index (χ0) is 21.5. The van der Waals surface area contributed by atoms with Crippen LogP contribution in [-0.4, -0.2) is 41.2 Å². The van der Waals surface area contributed by atoms with Crippen molar-refractivity contribution in [3.05, 3.63) is 71.0 Å². The minimum atomic E-state index is -0.658. The minimum absolute atomic E-state index is 0.0450. The molecule has 2 aromatic rings. The molecule has 4 rings (SSSR count). The molecule has 0 atom stereocenters. The van der Waals surface area contributed by atoms with Crippen LogP contribution in [0.4, 0.5) is 4.39 Å². The van der Waals surface area contributed by atoms with Gasteiger partial charge in [0.05, 0.1) is 0 Å². The van der Waals surface area contributed by atoms with Crippen LogP contribution in [0.25, 0.3) is 0 Å². The molecule has 1 saturated heterocycles. The molecule has 30 heavy (non-hydrogen) atoms. The van der Waals surface area contributed by atoms with Crippen molar-refractivity contribution >= 4 is 17.5 Å². The van der Waals surface area contributed by atoms with Crippen LogP contribution in [-0.2, 0) is 10.2 Å². The van der Waals surface area contributed by atoms with Crippen molar-refractivity contribution in [1.82, 2.24) is 10.2 Å². The van der Waals surface area contributed by atoms with Crippen molar-refractivity contribution in [2.45, 2.75) is 44.7 Å². The van der Waals surface area contributed by atoms with Gasteiger partial charge in [-0.15, -0.1) is 0 Å². The van der Waals surface area contributed by atoms with Gasteiger partial charge in [0.1, 0.15) is 17.2 Å². The van der Waals surface area contributed by atoms with Gasteiger partial charge in [-0.05, 0) is 35.2 Å². The van der Waals surface area contributed by atoms with Crippen molar-refractivity contribution in [3.63, 3.8) is 0 Å². The van der Waals surface area contributed by atoms with E-state index in [-0.39, 0.29) is 23.0 Å². The molecule has 0 radical (unpaired) electrons. The number of aliphatic imine (C=N–C) groups is 1. The van der Waals surface area contributed by atoms with Gasteiger partial charge in [0.2, 0.25) is 0 Å². The molecule has 156 valence electrons. The van der Waals surface area contributed by atoms with E-state index in [1.807, 2.05) is 24.3 Å². The van der Waals surface area contributed by atoms with E-state index in [9.17, 15) is 14.0 Å². The molecular formula is C24H26FN3O2. The molecule has 1 spiro atoms. The van der Waals surface area contributed by atoms with Crippen LogP contribution in [0.15, 0.2) is 53.5 Å². The standard InChI is InChI=1S/C24H26FN3O2/c1-23(2,3)18-8-4-16(5-9-18)20-21(29)27-24(26-20)12-14-28(15-13-24)22(30)17-6-10-19(25)11-7-17/h4-11H,12-15H2,1-3H3,(H,27,29). The van der Waals surface area contributed by atoms with Gasteiger partial charge >= 0.3 is 0 Å². The Morgan fingerprint density at radius 2 is 1.63 bits per heavy atom. The summed E-state index contributed by atoms with van der Waals surface area (Å²) in [6.45, 7) is 7.42. The van der Waals surface area contributed by atoms with Gasteiger partial charge in [-0.25, -0.2) is 4.39 Å². The summed E-state index contributed by atoms with van der Waals surface area (Å²) in [5.74, 6) is -0.664. The lowest BCUT2D eigenvalue weighted by Gasteiger charge is -2.37. The third kappa shape index (κ3) is 3.86. The highest BCUT2D eigenvalue weighted by molar-refractivity contribution is 6.46. The number of nitrogens with zero attached hydrogens (tertiary/aromatic N) is 2. The van der Waals surface area contributed by atoms with E-state index in [0.29, 0.717) is 37.2 Å². The Bertz CT molecular complexity index is 996. The van der Waals surface area contributed by atoms with Crippen molar-refractivity contribution in [3.8, 4) is 0 Å². The zero-order valence-corrected chi connectivity index (χ0v) is 17.5. The Labute approximate surface area is 176 Å². The van der Waals surface area contributed by atoms with Crippen LogP contribution in [0.3, 0.4) is 0 Å². The van der Waals surface area contributed by atoms with E-state index in [0.717, 1.165) is 5.56 Å². The predicted octanol–water partition coefficient (Wildman–Crippen LogP) is 3.67. The van der Waals surface area contributed by atoms with Crippen LogP contribution in [0, 0.1) is 5.82 Å². The fraction of sp³-hybridized carbons (Fsp3) is 0.375. The SMILES string of the molecule is CC(C)(C)c1ccc(C2=NC3(CCN(C(=O)c4ccc(F)cc4)CC3)NC2=O)cc1. The first-order valence-electron chi connectivity index (χ1n) is 10.3. The number of rotatable bonds is 2. The molecule has 0 unspecified atom stereocenters. The van der Waals surface area contributed by atoms with Crippen molar-refractivity contribution in [2.75, 3.05) is 13.1 Å². The van der Waals surface area contributed by atoms with E-state index in [1.165, 1.54) is 29.8 Å². The maximum Gasteiger partial charge on any atom is 0.272 e. The average Bonchev–Trinajstić information content (AvgIpc) is 3.04. The summed E-state index contributed by atoms with van der Waals surface area (Å²) in [6, 6.07) is 13.6. The lowest BCUT2D eigenvalue weighted by Crippen LogP contribution is -2.52. The van der Waals surface area contributed by atoms with Crippen LogP contribution >= 0.6 is 0 Å². The second-order valence-corrected chi connectivity index (χ2v) is 9.07. The molecule has 0 aromatic heterocycles. The Kier molecular flexibility index (Phi) is 4.96. The smallest absolute Gasteiger partial charge is 0.272 e. The maximum absolute atomic E-state index is 13.1. The quantitative estimate of drug-likeness (QED) is 0.826. The molecule has 0 saturated carbocycles. The molecule has 0 aliphatic carbocycles. The number of halogens is 1. The largest absolute Gasteiger partial charge is 0.338 e. The van der Waals surface area contributed by atoms with Gasteiger partial charge in [0.15, 0.2) is 0 Å². The number of nitrogens with one attached hydrogen (secondary N) is 1. The molecule has 5 nitrogen and oxygen atoms in total. The zero-order valence-electron chi connectivity index (χ0n) is 17.5. The molecule has 2 aromatic carbocycles. The van der Waals surface area contributed by atoms with Crippen LogP contribution in [0.5, 0.6) is 0 Å². The first kappa shape index (κ1) is 20.3. The van der Waals surface area contributed by atoms with Gasteiger partial charge in [-0.3, -0.25) is 14.6 Å². The van der Waals surface area contributed by atoms with Gasteiger partial charge in [-0.1, -0.05) is 45.0 Å². The Morgan fingerprint density at radius 3 is 2.20 bits per heavy atom. The van der Waals surface area contributed by atoms with Crippen LogP contribution in [0.2, 0.25) is 0 Å². The maximum atomic E-state index is 13.1. The molecule has 6 heteroatoms. The molecule has 2 aliphatic heterocycles. The topological polar surface area (TPSA) is 61.8 Å². The predicted molar refractivity (Wildman–Crippen MR) is 114 cm³/mol. The third-order valence-corrected chi connectivity index (χ3v) is 5.88. The summed E-state index contributed by atoms with van der Waals surface area (Å²) in [4.78, 5) is 31.8. The number of hydrogen-bond donors (Lipinski definition) is 1. The fourth-order valence-corrected chi connectivity index (χ4v) is 3.98. The van der Waals surface area contributed by atoms with Crippen LogP contribution in [0.1, 0.15) is 55.1 Å². The monoisotopic (exact) mass is 407 g/mol. The first-order chi connectivity index (χ1) is 14.2. The number of hydrogen-bond acceptors (Lipinski definition) is 3. The Morgan fingerprint density at radius 1 is 1.03 bits per heavy atom. The highest BCUT2D eigenvalue weighted by Crippen LogP contribution is 2.30. The van der Waals surface area contributed by atoms with Gasteiger partial charge in [-0.2, -0.15) is 0 Å². The van der Waals surface area contributed by atoms with E-state index in [4.69, 9.17) is 4.99 Å². The first-order valence-corrected chi connectivity index (χ1v) is 10.3. The summed E-state index contributed by atoms with van der Waals surface area (Å²) in [7, 11) is 0. The second kappa shape index (κ2) is 7.35. The highest BCUT2D eigenvalue weighted by Gasteiger charge is 2.43. The van der Waals surface area contributed by atoms with Crippen molar-refractivity contribution in [1.29, 1.82) is 0 Å². The third-order valence-electron chi connectivity index (χ3n) is 5.88. The van der Waals surface area contributed by atoms with E-state index in [1.54, 1.807) is 4.90 Å². The molecule has 1 fully saturated rings. The number of carbonyl (C=O) groups is 2. The van der Waals surface area contributed by atoms with E-state index >= 15 is 0 Å². The number of piperidine rings is 1. The molecular weight excluding hydrogens is 381 g/mol. The van der Waals surface area contributed by atoms with Gasteiger partial charge in [0, 0.05) is 37.1 Å². The summed E-state index contributed by atoms with van der Waals surface area (Å²) >= 11 is 0. The normalized spacial score (nSPS) is 18.3. The molecule has 0 bridgehead atoms. The lowest BCUT2D eigenvalue weighted by molar-refractivity contribution is -0.115. The summed E-state index contributed by atoms with van der Waals surface area (Å²) < 4.78 is 13.1. The number of amides is 2. The van der Waals surface area contributed by atoms with Crippen molar-refractivity contribution in [2.24, 2.45) is 4.99 Å². The molecule has 2 heterocycles. The highest BCUT2D eigenvalue weighted by atomic mass is 19.1. The average molecular weight is 407 g/mol. The Hall–Kier alpha value is -3.02. The summed E-state index contributed by atoms with van der Waals surface area (Å²) in [6.07, 6.45) is 1.10. The summed E-state index contributed by atoms with van der Waals surface area (Å²) in [5, 5.41) is 3.04. The van der Waals surface area contributed by atoms with Gasteiger partial charge in [0.25, 0.3) is 11.8 Å². The number of benzene rings is 2. The lowest BCUT2D eigenvalue weighted by atomic mass is 9.86. The minimum Gasteiger partial charge on any atom is -0.338 e. The number of likely N-dealkylation sites (tertiary alicyclic amines) is 1. The number of carbonyl (C=O) groups excluding carboxylic acids is 2. The van der Waals surface area contributed by atoms with E-state index in [2.05, 4.69) is 26.1 Å². The van der Waals surface area contributed by atoms with E-state index < -0.39 is 5.66 Å². The van der Waals surface area contributed by atoms with Crippen molar-refractivity contribution < 1.29 is 14.0 Å². The molecule has 2 amide bonds. The summed E-state index contributed by atoms with van der Waals surface area (Å²) in [5.41, 5.74) is 2.31. The second-order valence-electron chi connectivity index (χ2n) is 9.07. The molecule has 1 N–H and O–H groups in total. The van der Waals surface area contributed by atoms with Gasteiger partial charge < -0.3 is 10.2 Å². The Balaban J connectivity index is 1.47. The fourth-order valence-electron chi connectivity index (χ4n) is 3.98. The van der Waals surface area contributed by atoms with Crippen LogP contribution < -0.4 is 5.32 Å².